The lowest BCUT2D eigenvalue weighted by Gasteiger charge is -2.40. The molecule has 0 radical (unpaired) electrons. The van der Waals surface area contributed by atoms with E-state index in [-0.39, 0.29) is 6.42 Å². The first-order valence-electron chi connectivity index (χ1n) is 4.99. The van der Waals surface area contributed by atoms with E-state index in [0.29, 0.717) is 0 Å². The molecule has 1 saturated carbocycles. The molecule has 0 aromatic heterocycles. The summed E-state index contributed by atoms with van der Waals surface area (Å²) >= 11 is 0. The van der Waals surface area contributed by atoms with Gasteiger partial charge in [-0.2, -0.15) is 0 Å². The van der Waals surface area contributed by atoms with E-state index in [1.54, 1.807) is 0 Å². The van der Waals surface area contributed by atoms with Gasteiger partial charge in [-0.3, -0.25) is 0 Å². The normalized spacial score (nSPS) is 37.2. The van der Waals surface area contributed by atoms with Crippen LogP contribution in [0.3, 0.4) is 0 Å². The van der Waals surface area contributed by atoms with Crippen LogP contribution in [0.25, 0.3) is 0 Å². The molecule has 1 aliphatic carbocycles. The molecule has 1 unspecified atom stereocenters. The van der Waals surface area contributed by atoms with Gasteiger partial charge in [-0.25, -0.2) is 9.59 Å². The van der Waals surface area contributed by atoms with Crippen LogP contribution >= 0.6 is 0 Å². The van der Waals surface area contributed by atoms with Gasteiger partial charge in [0.05, 0.1) is 12.1 Å². The zero-order chi connectivity index (χ0) is 13.2. The molecular weight excluding hydrogens is 232 g/mol. The fraction of sp³-hybridized carbons (Fsp3) is 0.750. The van der Waals surface area contributed by atoms with E-state index >= 15 is 0 Å². The summed E-state index contributed by atoms with van der Waals surface area (Å²) in [6.07, 6.45) is -4.25. The van der Waals surface area contributed by atoms with Gasteiger partial charge in [0.1, 0.15) is 18.3 Å². The number of rotatable bonds is 2. The van der Waals surface area contributed by atoms with Crippen molar-refractivity contribution in [1.82, 2.24) is 10.6 Å². The number of aliphatic hydroxyl groups excluding tert-OH is 3. The lowest BCUT2D eigenvalue weighted by atomic mass is 9.84. The smallest absolute Gasteiger partial charge is 0.312 e. The van der Waals surface area contributed by atoms with Gasteiger partial charge in [-0.05, 0) is 6.42 Å². The van der Waals surface area contributed by atoms with Crippen molar-refractivity contribution >= 4 is 12.1 Å². The highest BCUT2D eigenvalue weighted by Crippen LogP contribution is 2.20. The molecule has 9 heteroatoms. The van der Waals surface area contributed by atoms with E-state index < -0.39 is 42.5 Å². The van der Waals surface area contributed by atoms with Gasteiger partial charge >= 0.3 is 12.1 Å². The Morgan fingerprint density at radius 1 is 0.882 bits per heavy atom. The molecule has 0 spiro atoms. The second kappa shape index (κ2) is 5.17. The first-order valence-corrected chi connectivity index (χ1v) is 4.99. The molecule has 5 atom stereocenters. The second-order valence-corrected chi connectivity index (χ2v) is 3.94. The van der Waals surface area contributed by atoms with Crippen molar-refractivity contribution in [3.8, 4) is 0 Å². The summed E-state index contributed by atoms with van der Waals surface area (Å²) < 4.78 is 0. The van der Waals surface area contributed by atoms with Crippen LogP contribution in [0.1, 0.15) is 6.42 Å². The molecular formula is C8H16N4O5. The van der Waals surface area contributed by atoms with Gasteiger partial charge < -0.3 is 37.4 Å². The molecule has 0 heterocycles. The molecule has 1 fully saturated rings. The summed E-state index contributed by atoms with van der Waals surface area (Å²) in [7, 11) is 0. The van der Waals surface area contributed by atoms with Crippen LogP contribution in [0, 0.1) is 0 Å². The predicted octanol–water partition coefficient (Wildman–Crippen LogP) is -3.45. The van der Waals surface area contributed by atoms with Crippen molar-refractivity contribution in [2.75, 3.05) is 0 Å². The van der Waals surface area contributed by atoms with E-state index in [1.807, 2.05) is 0 Å². The predicted molar refractivity (Wildman–Crippen MR) is 55.7 cm³/mol. The lowest BCUT2D eigenvalue weighted by Crippen LogP contribution is -2.65. The number of nitrogens with two attached hydrogens (primary N) is 2. The summed E-state index contributed by atoms with van der Waals surface area (Å²) in [6.45, 7) is 0. The first kappa shape index (κ1) is 13.5. The Kier molecular flexibility index (Phi) is 4.10. The molecule has 0 aromatic rings. The molecule has 98 valence electrons. The largest absolute Gasteiger partial charge is 0.388 e. The van der Waals surface area contributed by atoms with Gasteiger partial charge in [-0.1, -0.05) is 0 Å². The number of urea groups is 2. The third kappa shape index (κ3) is 3.19. The molecule has 0 bridgehead atoms. The van der Waals surface area contributed by atoms with Gasteiger partial charge in [0.15, 0.2) is 0 Å². The minimum Gasteiger partial charge on any atom is -0.388 e. The van der Waals surface area contributed by atoms with E-state index in [9.17, 15) is 24.9 Å². The minimum atomic E-state index is -1.52. The maximum Gasteiger partial charge on any atom is 0.312 e. The van der Waals surface area contributed by atoms with Crippen LogP contribution in [-0.4, -0.2) is 57.8 Å². The van der Waals surface area contributed by atoms with Gasteiger partial charge in [0.2, 0.25) is 0 Å². The molecule has 9 N–H and O–H groups in total. The number of carbonyl (C=O) groups is 2. The Morgan fingerprint density at radius 2 is 1.24 bits per heavy atom. The Labute approximate surface area is 96.8 Å². The maximum absolute atomic E-state index is 10.7. The van der Waals surface area contributed by atoms with Crippen LogP contribution in [0.2, 0.25) is 0 Å². The topological polar surface area (TPSA) is 171 Å². The quantitative estimate of drug-likeness (QED) is 0.269. The molecule has 4 amide bonds. The summed E-state index contributed by atoms with van der Waals surface area (Å²) in [5, 5.41) is 33.1. The number of primary amides is 2. The number of nitrogens with one attached hydrogen (secondary N) is 2. The Bertz CT molecular complexity index is 284. The first-order chi connectivity index (χ1) is 7.82. The molecule has 9 nitrogen and oxygen atoms in total. The van der Waals surface area contributed by atoms with Crippen molar-refractivity contribution in [1.29, 1.82) is 0 Å². The zero-order valence-electron chi connectivity index (χ0n) is 8.91. The average molecular weight is 248 g/mol. The average Bonchev–Trinajstić information content (AvgIpc) is 2.20. The molecule has 1 aliphatic rings. The summed E-state index contributed by atoms with van der Waals surface area (Å²) in [5.41, 5.74) is 9.79. The monoisotopic (exact) mass is 248 g/mol. The van der Waals surface area contributed by atoms with E-state index in [1.165, 1.54) is 0 Å². The van der Waals surface area contributed by atoms with E-state index in [2.05, 4.69) is 10.6 Å². The standard InChI is InChI=1S/C8H16N4O5/c9-7(16)11-2-1-3(12-8(10)17)5(14)6(15)4(2)13/h2-6,13-15H,1H2,(H3,9,11,16)(H3,10,12,17)/t2-,3+,4+,5-,6?. The highest BCUT2D eigenvalue weighted by Gasteiger charge is 2.43. The van der Waals surface area contributed by atoms with Crippen LogP contribution in [0.5, 0.6) is 0 Å². The van der Waals surface area contributed by atoms with Crippen molar-refractivity contribution in [3.05, 3.63) is 0 Å². The zero-order valence-corrected chi connectivity index (χ0v) is 8.91. The van der Waals surface area contributed by atoms with Crippen molar-refractivity contribution in [2.45, 2.75) is 36.8 Å². The molecule has 0 aromatic carbocycles. The minimum absolute atomic E-state index is 0.00523. The summed E-state index contributed by atoms with van der Waals surface area (Å²) in [5.74, 6) is 0. The van der Waals surface area contributed by atoms with E-state index in [4.69, 9.17) is 11.5 Å². The van der Waals surface area contributed by atoms with Crippen LogP contribution in [0.4, 0.5) is 9.59 Å². The number of aliphatic hydroxyl groups is 3. The van der Waals surface area contributed by atoms with Crippen LogP contribution < -0.4 is 22.1 Å². The fourth-order valence-electron chi connectivity index (χ4n) is 1.88. The SMILES string of the molecule is NC(=O)N[C@H]1C[C@@H](NC(N)=O)[C@H](O)C(O)[C@@H]1O. The molecule has 0 aliphatic heterocycles. The van der Waals surface area contributed by atoms with Crippen molar-refractivity contribution < 1.29 is 24.9 Å². The third-order valence-corrected chi connectivity index (χ3v) is 2.69. The third-order valence-electron chi connectivity index (χ3n) is 2.69. The number of hydrogen-bond acceptors (Lipinski definition) is 5. The summed E-state index contributed by atoms with van der Waals surface area (Å²) in [4.78, 5) is 21.3. The number of carbonyl (C=O) groups excluding carboxylic acids is 2. The van der Waals surface area contributed by atoms with Crippen LogP contribution in [-0.2, 0) is 0 Å². The number of amides is 4. The lowest BCUT2D eigenvalue weighted by molar-refractivity contribution is -0.107. The highest BCUT2D eigenvalue weighted by atomic mass is 16.4. The van der Waals surface area contributed by atoms with Gasteiger partial charge in [0.25, 0.3) is 0 Å². The molecule has 0 saturated heterocycles. The van der Waals surface area contributed by atoms with Crippen molar-refractivity contribution in [2.24, 2.45) is 11.5 Å². The van der Waals surface area contributed by atoms with Crippen LogP contribution in [0.15, 0.2) is 0 Å². The van der Waals surface area contributed by atoms with Gasteiger partial charge in [0, 0.05) is 0 Å². The van der Waals surface area contributed by atoms with Gasteiger partial charge in [-0.15, -0.1) is 0 Å². The highest BCUT2D eigenvalue weighted by molar-refractivity contribution is 5.73. The molecule has 17 heavy (non-hydrogen) atoms. The number of hydrogen-bond donors (Lipinski definition) is 7. The second-order valence-electron chi connectivity index (χ2n) is 3.94. The van der Waals surface area contributed by atoms with Crippen molar-refractivity contribution in [3.63, 3.8) is 0 Å². The molecule has 1 rings (SSSR count). The van der Waals surface area contributed by atoms with E-state index in [0.717, 1.165) is 0 Å². The maximum atomic E-state index is 10.7. The Hall–Kier alpha value is -1.58. The Morgan fingerprint density at radius 3 is 1.53 bits per heavy atom. The fourth-order valence-corrected chi connectivity index (χ4v) is 1.88. The summed E-state index contributed by atoms with van der Waals surface area (Å²) in [6, 6.07) is -3.50. The Balaban J connectivity index is 2.74.